The minimum Gasteiger partial charge on any atom is -0.388 e. The topological polar surface area (TPSA) is 20.2 Å². The van der Waals surface area contributed by atoms with Gasteiger partial charge in [0.2, 0.25) is 0 Å². The number of aliphatic hydroxyl groups excluding tert-OH is 1. The molecule has 1 saturated carbocycles. The van der Waals surface area contributed by atoms with Crippen molar-refractivity contribution in [2.24, 2.45) is 11.8 Å². The molecule has 1 heteroatoms. The van der Waals surface area contributed by atoms with Crippen LogP contribution >= 0.6 is 0 Å². The first-order chi connectivity index (χ1) is 8.61. The summed E-state index contributed by atoms with van der Waals surface area (Å²) in [5.41, 5.74) is 3.70. The number of hydrogen-bond donors (Lipinski definition) is 1. The van der Waals surface area contributed by atoms with Crippen LogP contribution in [0.5, 0.6) is 0 Å². The van der Waals surface area contributed by atoms with Gasteiger partial charge in [0.1, 0.15) is 0 Å². The van der Waals surface area contributed by atoms with E-state index in [1.165, 1.54) is 43.2 Å². The van der Waals surface area contributed by atoms with Crippen LogP contribution in [0.2, 0.25) is 0 Å². The lowest BCUT2D eigenvalue weighted by Crippen LogP contribution is -2.20. The SMILES string of the molecule is CCC1CCC(C(O)c2ccc(C)c(C)c2)CC1. The average Bonchev–Trinajstić information content (AvgIpc) is 2.41. The molecule has 1 fully saturated rings. The summed E-state index contributed by atoms with van der Waals surface area (Å²) in [6.45, 7) is 6.53. The summed E-state index contributed by atoms with van der Waals surface area (Å²) < 4.78 is 0. The van der Waals surface area contributed by atoms with Crippen molar-refractivity contribution in [3.63, 3.8) is 0 Å². The highest BCUT2D eigenvalue weighted by molar-refractivity contribution is 5.31. The van der Waals surface area contributed by atoms with E-state index < -0.39 is 0 Å². The first-order valence-corrected chi connectivity index (χ1v) is 7.37. The van der Waals surface area contributed by atoms with E-state index in [0.29, 0.717) is 5.92 Å². The molecular weight excluding hydrogens is 220 g/mol. The maximum atomic E-state index is 10.5. The molecule has 1 aliphatic rings. The van der Waals surface area contributed by atoms with Crippen molar-refractivity contribution in [2.45, 2.75) is 59.0 Å². The summed E-state index contributed by atoms with van der Waals surface area (Å²) >= 11 is 0. The normalized spacial score (nSPS) is 26.0. The highest BCUT2D eigenvalue weighted by Gasteiger charge is 2.26. The average molecular weight is 246 g/mol. The third-order valence-electron chi connectivity index (χ3n) is 4.79. The maximum absolute atomic E-state index is 10.5. The van der Waals surface area contributed by atoms with Crippen molar-refractivity contribution in [2.75, 3.05) is 0 Å². The van der Waals surface area contributed by atoms with Crippen LogP contribution in [0.15, 0.2) is 18.2 Å². The zero-order valence-corrected chi connectivity index (χ0v) is 11.9. The summed E-state index contributed by atoms with van der Waals surface area (Å²) in [6.07, 6.45) is 6.00. The minimum atomic E-state index is -0.262. The molecule has 0 aliphatic heterocycles. The second-order valence-electron chi connectivity index (χ2n) is 5.98. The van der Waals surface area contributed by atoms with Gasteiger partial charge in [-0.05, 0) is 55.2 Å². The second kappa shape index (κ2) is 5.88. The largest absolute Gasteiger partial charge is 0.388 e. The first kappa shape index (κ1) is 13.6. The van der Waals surface area contributed by atoms with Gasteiger partial charge in [-0.25, -0.2) is 0 Å². The second-order valence-corrected chi connectivity index (χ2v) is 5.98. The molecule has 0 aromatic heterocycles. The number of benzene rings is 1. The summed E-state index contributed by atoms with van der Waals surface area (Å²) in [6, 6.07) is 6.39. The standard InChI is InChI=1S/C17H26O/c1-4-14-6-9-15(10-7-14)17(18)16-8-5-12(2)13(3)11-16/h5,8,11,14-15,17-18H,4,6-7,9-10H2,1-3H3. The van der Waals surface area contributed by atoms with E-state index in [1.54, 1.807) is 0 Å². The number of rotatable bonds is 3. The van der Waals surface area contributed by atoms with Crippen LogP contribution in [0.25, 0.3) is 0 Å². The zero-order valence-electron chi connectivity index (χ0n) is 11.9. The Morgan fingerprint density at radius 1 is 1.11 bits per heavy atom. The fraction of sp³-hybridized carbons (Fsp3) is 0.647. The third kappa shape index (κ3) is 2.95. The zero-order chi connectivity index (χ0) is 13.1. The van der Waals surface area contributed by atoms with Gasteiger partial charge in [0.25, 0.3) is 0 Å². The Labute approximate surface area is 111 Å². The fourth-order valence-electron chi connectivity index (χ4n) is 3.13. The quantitative estimate of drug-likeness (QED) is 0.829. The van der Waals surface area contributed by atoms with Crippen molar-refractivity contribution in [3.8, 4) is 0 Å². The molecule has 0 spiro atoms. The molecule has 0 bridgehead atoms. The molecule has 1 nitrogen and oxygen atoms in total. The number of hydrogen-bond acceptors (Lipinski definition) is 1. The molecule has 1 aromatic carbocycles. The van der Waals surface area contributed by atoms with E-state index in [-0.39, 0.29) is 6.10 Å². The predicted molar refractivity (Wildman–Crippen MR) is 76.6 cm³/mol. The van der Waals surface area contributed by atoms with Crippen LogP contribution in [0.4, 0.5) is 0 Å². The van der Waals surface area contributed by atoms with E-state index in [9.17, 15) is 5.11 Å². The smallest absolute Gasteiger partial charge is 0.0818 e. The summed E-state index contributed by atoms with van der Waals surface area (Å²) in [5, 5.41) is 10.5. The first-order valence-electron chi connectivity index (χ1n) is 7.37. The van der Waals surface area contributed by atoms with Crippen LogP contribution in [-0.4, -0.2) is 5.11 Å². The van der Waals surface area contributed by atoms with Crippen molar-refractivity contribution in [1.29, 1.82) is 0 Å². The summed E-state index contributed by atoms with van der Waals surface area (Å²) in [7, 11) is 0. The monoisotopic (exact) mass is 246 g/mol. The van der Waals surface area contributed by atoms with Crippen molar-refractivity contribution < 1.29 is 5.11 Å². The summed E-state index contributed by atoms with van der Waals surface area (Å²) in [5.74, 6) is 1.36. The van der Waals surface area contributed by atoms with Gasteiger partial charge >= 0.3 is 0 Å². The highest BCUT2D eigenvalue weighted by atomic mass is 16.3. The maximum Gasteiger partial charge on any atom is 0.0818 e. The molecule has 1 unspecified atom stereocenters. The molecule has 100 valence electrons. The van der Waals surface area contributed by atoms with Gasteiger partial charge in [-0.15, -0.1) is 0 Å². The molecular formula is C17H26O. The molecule has 2 rings (SSSR count). The van der Waals surface area contributed by atoms with E-state index in [4.69, 9.17) is 0 Å². The molecule has 1 atom stereocenters. The molecule has 0 heterocycles. The number of aliphatic hydroxyl groups is 1. The molecule has 18 heavy (non-hydrogen) atoms. The third-order valence-corrected chi connectivity index (χ3v) is 4.79. The Hall–Kier alpha value is -0.820. The minimum absolute atomic E-state index is 0.262. The van der Waals surface area contributed by atoms with E-state index in [2.05, 4.69) is 39.0 Å². The van der Waals surface area contributed by atoms with E-state index >= 15 is 0 Å². The Balaban J connectivity index is 2.03. The van der Waals surface area contributed by atoms with Crippen molar-refractivity contribution in [3.05, 3.63) is 34.9 Å². The Bertz CT molecular complexity index is 389. The van der Waals surface area contributed by atoms with Crippen LogP contribution in [-0.2, 0) is 0 Å². The van der Waals surface area contributed by atoms with Gasteiger partial charge in [0.05, 0.1) is 6.10 Å². The van der Waals surface area contributed by atoms with Gasteiger partial charge in [0, 0.05) is 0 Å². The van der Waals surface area contributed by atoms with Gasteiger partial charge in [0.15, 0.2) is 0 Å². The van der Waals surface area contributed by atoms with Crippen molar-refractivity contribution in [1.82, 2.24) is 0 Å². The highest BCUT2D eigenvalue weighted by Crippen LogP contribution is 2.38. The van der Waals surface area contributed by atoms with Crippen LogP contribution < -0.4 is 0 Å². The molecule has 1 aromatic rings. The van der Waals surface area contributed by atoms with Crippen LogP contribution in [0.3, 0.4) is 0 Å². The predicted octanol–water partition coefficient (Wildman–Crippen LogP) is 4.55. The van der Waals surface area contributed by atoms with Gasteiger partial charge in [-0.1, -0.05) is 44.4 Å². The van der Waals surface area contributed by atoms with E-state index in [1.807, 2.05) is 0 Å². The lowest BCUT2D eigenvalue weighted by molar-refractivity contribution is 0.0729. The van der Waals surface area contributed by atoms with Gasteiger partial charge in [-0.3, -0.25) is 0 Å². The van der Waals surface area contributed by atoms with Gasteiger partial charge < -0.3 is 5.11 Å². The fourth-order valence-corrected chi connectivity index (χ4v) is 3.13. The lowest BCUT2D eigenvalue weighted by Gasteiger charge is -2.31. The van der Waals surface area contributed by atoms with Crippen LogP contribution in [0.1, 0.15) is 61.8 Å². The summed E-state index contributed by atoms with van der Waals surface area (Å²) in [4.78, 5) is 0. The van der Waals surface area contributed by atoms with Gasteiger partial charge in [-0.2, -0.15) is 0 Å². The number of aryl methyl sites for hydroxylation is 2. The molecule has 0 amide bonds. The Morgan fingerprint density at radius 2 is 1.78 bits per heavy atom. The molecule has 1 N–H and O–H groups in total. The van der Waals surface area contributed by atoms with Crippen LogP contribution in [0, 0.1) is 25.7 Å². The van der Waals surface area contributed by atoms with E-state index in [0.717, 1.165) is 11.5 Å². The molecule has 0 saturated heterocycles. The Morgan fingerprint density at radius 3 is 2.33 bits per heavy atom. The molecule has 0 radical (unpaired) electrons. The lowest BCUT2D eigenvalue weighted by atomic mass is 9.77. The molecule has 1 aliphatic carbocycles. The van der Waals surface area contributed by atoms with Crippen molar-refractivity contribution >= 4 is 0 Å². The Kier molecular flexibility index (Phi) is 4.45.